The van der Waals surface area contributed by atoms with Crippen LogP contribution in [0.3, 0.4) is 0 Å². The van der Waals surface area contributed by atoms with Crippen LogP contribution in [0.4, 0.5) is 0 Å². The van der Waals surface area contributed by atoms with Crippen LogP contribution >= 0.6 is 0 Å². The molecule has 0 saturated heterocycles. The first-order valence-corrected chi connectivity index (χ1v) is 10.4. The molecule has 5 nitrogen and oxygen atoms in total. The minimum absolute atomic E-state index is 0.228. The summed E-state index contributed by atoms with van der Waals surface area (Å²) in [6, 6.07) is 17.8. The molecule has 0 fully saturated rings. The molecular weight excluding hydrogens is 378 g/mol. The van der Waals surface area contributed by atoms with Crippen molar-refractivity contribution in [2.24, 2.45) is 0 Å². The van der Waals surface area contributed by atoms with Crippen LogP contribution in [0.5, 0.6) is 11.5 Å². The van der Waals surface area contributed by atoms with Gasteiger partial charge in [-0.15, -0.1) is 0 Å². The van der Waals surface area contributed by atoms with Gasteiger partial charge in [0.05, 0.1) is 19.4 Å². The maximum atomic E-state index is 10.7. The van der Waals surface area contributed by atoms with Crippen molar-refractivity contribution < 1.29 is 19.0 Å². The molecule has 1 unspecified atom stereocenters. The highest BCUT2D eigenvalue weighted by atomic mass is 16.5. The van der Waals surface area contributed by atoms with Crippen molar-refractivity contribution >= 4 is 0 Å². The predicted molar refractivity (Wildman–Crippen MR) is 118 cm³/mol. The number of hydrogen-bond acceptors (Lipinski definition) is 5. The molecule has 0 amide bonds. The Morgan fingerprint density at radius 2 is 1.73 bits per heavy atom. The summed E-state index contributed by atoms with van der Waals surface area (Å²) < 4.78 is 17.2. The topological polar surface area (TPSA) is 55.1 Å². The van der Waals surface area contributed by atoms with Gasteiger partial charge in [-0.25, -0.2) is 0 Å². The number of rotatable bonds is 11. The standard InChI is InChI=1S/C25H31NO4/c1-4-28-25-12-6-5-10-21(25)15-26(17-23-11-8-14-29-23)16-22(27)18-30-24-13-7-9-19(2)20(24)3/h5-14,22,27H,4,15-18H2,1-3H3. The van der Waals surface area contributed by atoms with Crippen molar-refractivity contribution in [3.8, 4) is 11.5 Å². The first-order chi connectivity index (χ1) is 14.6. The molecule has 0 bridgehead atoms. The molecular formula is C25H31NO4. The summed E-state index contributed by atoms with van der Waals surface area (Å²) in [6.45, 7) is 8.58. The molecule has 0 saturated carbocycles. The van der Waals surface area contributed by atoms with Crippen molar-refractivity contribution in [1.82, 2.24) is 4.90 Å². The number of benzene rings is 2. The van der Waals surface area contributed by atoms with E-state index < -0.39 is 6.10 Å². The second-order valence-corrected chi connectivity index (χ2v) is 7.45. The lowest BCUT2D eigenvalue weighted by molar-refractivity contribution is 0.0599. The number of furan rings is 1. The minimum atomic E-state index is -0.640. The predicted octanol–water partition coefficient (Wildman–Crippen LogP) is 4.74. The second kappa shape index (κ2) is 10.9. The van der Waals surface area contributed by atoms with Crippen LogP contribution in [0.2, 0.25) is 0 Å². The van der Waals surface area contributed by atoms with Gasteiger partial charge in [0.1, 0.15) is 30.0 Å². The molecule has 3 aromatic rings. The Hall–Kier alpha value is -2.76. The van der Waals surface area contributed by atoms with Gasteiger partial charge in [-0.2, -0.15) is 0 Å². The fourth-order valence-electron chi connectivity index (χ4n) is 3.40. The van der Waals surface area contributed by atoms with E-state index >= 15 is 0 Å². The zero-order valence-corrected chi connectivity index (χ0v) is 18.0. The monoisotopic (exact) mass is 409 g/mol. The zero-order chi connectivity index (χ0) is 21.3. The van der Waals surface area contributed by atoms with Crippen molar-refractivity contribution in [2.45, 2.75) is 40.0 Å². The number of hydrogen-bond donors (Lipinski definition) is 1. The lowest BCUT2D eigenvalue weighted by Gasteiger charge is -2.25. The molecule has 5 heteroatoms. The number of aliphatic hydroxyl groups excluding tert-OH is 1. The van der Waals surface area contributed by atoms with E-state index in [0.29, 0.717) is 26.2 Å². The molecule has 0 aliphatic heterocycles. The van der Waals surface area contributed by atoms with E-state index in [0.717, 1.165) is 28.4 Å². The van der Waals surface area contributed by atoms with Crippen LogP contribution in [0.15, 0.2) is 65.3 Å². The summed E-state index contributed by atoms with van der Waals surface area (Å²) in [7, 11) is 0. The van der Waals surface area contributed by atoms with E-state index in [1.807, 2.05) is 56.3 Å². The van der Waals surface area contributed by atoms with E-state index in [1.54, 1.807) is 6.26 Å². The molecule has 160 valence electrons. The van der Waals surface area contributed by atoms with Crippen molar-refractivity contribution in [2.75, 3.05) is 19.8 Å². The Morgan fingerprint density at radius 3 is 2.50 bits per heavy atom. The first-order valence-electron chi connectivity index (χ1n) is 10.4. The maximum absolute atomic E-state index is 10.7. The van der Waals surface area contributed by atoms with Crippen molar-refractivity contribution in [1.29, 1.82) is 0 Å². The van der Waals surface area contributed by atoms with Gasteiger partial charge in [-0.1, -0.05) is 30.3 Å². The van der Waals surface area contributed by atoms with Gasteiger partial charge < -0.3 is 19.0 Å². The Balaban J connectivity index is 1.67. The quantitative estimate of drug-likeness (QED) is 0.496. The summed E-state index contributed by atoms with van der Waals surface area (Å²) in [5, 5.41) is 10.7. The van der Waals surface area contributed by atoms with Gasteiger partial charge in [0.2, 0.25) is 0 Å². The minimum Gasteiger partial charge on any atom is -0.494 e. The Labute approximate surface area is 178 Å². The van der Waals surface area contributed by atoms with E-state index in [-0.39, 0.29) is 6.61 Å². The summed E-state index contributed by atoms with van der Waals surface area (Å²) in [5.74, 6) is 2.53. The van der Waals surface area contributed by atoms with Crippen molar-refractivity contribution in [3.05, 3.63) is 83.3 Å². The molecule has 0 aliphatic carbocycles. The van der Waals surface area contributed by atoms with Crippen LogP contribution in [-0.2, 0) is 13.1 Å². The largest absolute Gasteiger partial charge is 0.494 e. The highest BCUT2D eigenvalue weighted by Crippen LogP contribution is 2.23. The second-order valence-electron chi connectivity index (χ2n) is 7.45. The fraction of sp³-hybridized carbons (Fsp3) is 0.360. The number of aryl methyl sites for hydroxylation is 1. The molecule has 0 aliphatic rings. The van der Waals surface area contributed by atoms with E-state index in [9.17, 15) is 5.11 Å². The average molecular weight is 410 g/mol. The van der Waals surface area contributed by atoms with E-state index in [1.165, 1.54) is 5.56 Å². The van der Waals surface area contributed by atoms with Gasteiger partial charge in [-0.3, -0.25) is 4.90 Å². The molecule has 1 heterocycles. The molecule has 1 N–H and O–H groups in total. The fourth-order valence-corrected chi connectivity index (χ4v) is 3.40. The van der Waals surface area contributed by atoms with Crippen molar-refractivity contribution in [3.63, 3.8) is 0 Å². The summed E-state index contributed by atoms with van der Waals surface area (Å²) in [5.41, 5.74) is 3.35. The van der Waals surface area contributed by atoms with Crippen LogP contribution in [-0.4, -0.2) is 35.9 Å². The number of aliphatic hydroxyl groups is 1. The summed E-state index contributed by atoms with van der Waals surface area (Å²) >= 11 is 0. The Bertz CT molecular complexity index is 907. The SMILES string of the molecule is CCOc1ccccc1CN(Cc1ccco1)CC(O)COc1cccc(C)c1C. The lowest BCUT2D eigenvalue weighted by atomic mass is 10.1. The third-order valence-electron chi connectivity index (χ3n) is 5.08. The van der Waals surface area contributed by atoms with Crippen LogP contribution in [0.25, 0.3) is 0 Å². The van der Waals surface area contributed by atoms with Gasteiger partial charge in [0.15, 0.2) is 0 Å². The van der Waals surface area contributed by atoms with E-state index in [4.69, 9.17) is 13.9 Å². The highest BCUT2D eigenvalue weighted by Gasteiger charge is 2.17. The van der Waals surface area contributed by atoms with Crippen LogP contribution in [0.1, 0.15) is 29.4 Å². The zero-order valence-electron chi connectivity index (χ0n) is 18.0. The molecule has 1 aromatic heterocycles. The molecule has 2 aromatic carbocycles. The smallest absolute Gasteiger partial charge is 0.123 e. The molecule has 0 radical (unpaired) electrons. The highest BCUT2D eigenvalue weighted by molar-refractivity contribution is 5.38. The molecule has 30 heavy (non-hydrogen) atoms. The maximum Gasteiger partial charge on any atom is 0.123 e. The molecule has 3 rings (SSSR count). The molecule has 0 spiro atoms. The molecule has 1 atom stereocenters. The van der Waals surface area contributed by atoms with Crippen LogP contribution in [0, 0.1) is 13.8 Å². The first kappa shape index (κ1) is 21.9. The normalized spacial score (nSPS) is 12.2. The van der Waals surface area contributed by atoms with E-state index in [2.05, 4.69) is 24.0 Å². The number of nitrogens with zero attached hydrogens (tertiary/aromatic N) is 1. The summed E-state index contributed by atoms with van der Waals surface area (Å²) in [4.78, 5) is 2.15. The van der Waals surface area contributed by atoms with Gasteiger partial charge in [-0.05, 0) is 56.2 Å². The third-order valence-corrected chi connectivity index (χ3v) is 5.08. The average Bonchev–Trinajstić information content (AvgIpc) is 3.24. The van der Waals surface area contributed by atoms with Gasteiger partial charge >= 0.3 is 0 Å². The Kier molecular flexibility index (Phi) is 7.94. The lowest BCUT2D eigenvalue weighted by Crippen LogP contribution is -2.35. The van der Waals surface area contributed by atoms with Crippen LogP contribution < -0.4 is 9.47 Å². The number of ether oxygens (including phenoxy) is 2. The summed E-state index contributed by atoms with van der Waals surface area (Å²) in [6.07, 6.45) is 1.03. The van der Waals surface area contributed by atoms with Gasteiger partial charge in [0.25, 0.3) is 0 Å². The number of para-hydroxylation sites is 1. The third kappa shape index (κ3) is 6.12. The van der Waals surface area contributed by atoms with Gasteiger partial charge in [0, 0.05) is 18.7 Å². The Morgan fingerprint density at radius 1 is 0.933 bits per heavy atom.